The number of carbonyl (C=O) groups excluding carboxylic acids is 2. The number of carbonyl (C=O) groups is 2. The molecule has 1 aromatic rings. The Hall–Kier alpha value is -2.24. The first kappa shape index (κ1) is 19.1. The lowest BCUT2D eigenvalue weighted by molar-refractivity contribution is 0.110. The number of hydrogen-bond donors (Lipinski definition) is 1. The molecular formula is C19H28N2O4. The summed E-state index contributed by atoms with van der Waals surface area (Å²) in [6.45, 7) is 4.89. The van der Waals surface area contributed by atoms with Gasteiger partial charge in [0.2, 0.25) is 0 Å². The highest BCUT2D eigenvalue weighted by molar-refractivity contribution is 5.84. The monoisotopic (exact) mass is 348 g/mol. The summed E-state index contributed by atoms with van der Waals surface area (Å²) in [5, 5.41) is 2.56. The zero-order chi connectivity index (χ0) is 18.2. The number of methoxy groups -OCH3 is 1. The number of nitrogens with one attached hydrogen (secondary N) is 1. The Morgan fingerprint density at radius 1 is 1.24 bits per heavy atom. The molecule has 0 atom stereocenters. The number of amides is 2. The molecular weight excluding hydrogens is 320 g/mol. The van der Waals surface area contributed by atoms with E-state index >= 15 is 0 Å². The van der Waals surface area contributed by atoms with Crippen LogP contribution in [0.15, 0.2) is 24.3 Å². The molecule has 0 aromatic heterocycles. The zero-order valence-electron chi connectivity index (χ0n) is 15.3. The van der Waals surface area contributed by atoms with E-state index in [0.717, 1.165) is 25.7 Å². The topological polar surface area (TPSA) is 67.9 Å². The van der Waals surface area contributed by atoms with Gasteiger partial charge in [-0.3, -0.25) is 5.32 Å². The summed E-state index contributed by atoms with van der Waals surface area (Å²) in [4.78, 5) is 25.9. The first-order valence-corrected chi connectivity index (χ1v) is 8.93. The van der Waals surface area contributed by atoms with Gasteiger partial charge in [0, 0.05) is 24.3 Å². The molecule has 1 aromatic carbocycles. The van der Waals surface area contributed by atoms with Crippen LogP contribution in [-0.2, 0) is 4.74 Å². The van der Waals surface area contributed by atoms with Crippen LogP contribution in [0.4, 0.5) is 15.3 Å². The van der Waals surface area contributed by atoms with Gasteiger partial charge in [-0.05, 0) is 30.9 Å². The average Bonchev–Trinajstić information content (AvgIpc) is 2.60. The summed E-state index contributed by atoms with van der Waals surface area (Å²) in [5.74, 6) is 0.783. The van der Waals surface area contributed by atoms with Gasteiger partial charge in [-0.1, -0.05) is 39.2 Å². The summed E-state index contributed by atoms with van der Waals surface area (Å²) in [7, 11) is 1.30. The van der Waals surface area contributed by atoms with Crippen LogP contribution >= 0.6 is 0 Å². The minimum Gasteiger partial charge on any atom is -0.453 e. The molecule has 0 radical (unpaired) electrons. The van der Waals surface area contributed by atoms with Gasteiger partial charge in [0.05, 0.1) is 7.11 Å². The SMILES string of the molecule is COC(=O)Nc1cccc(OC(=O)N(CC(C)C)C2CCCCC2)c1. The maximum Gasteiger partial charge on any atom is 0.415 e. The molecule has 0 bridgehead atoms. The van der Waals surface area contributed by atoms with Crippen LogP contribution < -0.4 is 10.1 Å². The molecule has 6 nitrogen and oxygen atoms in total. The van der Waals surface area contributed by atoms with Crippen molar-refractivity contribution in [3.63, 3.8) is 0 Å². The molecule has 1 aliphatic rings. The highest BCUT2D eigenvalue weighted by Crippen LogP contribution is 2.25. The predicted octanol–water partition coefficient (Wildman–Crippen LogP) is 4.65. The number of nitrogens with zero attached hydrogens (tertiary/aromatic N) is 1. The third kappa shape index (κ3) is 5.96. The average molecular weight is 348 g/mol. The van der Waals surface area contributed by atoms with Crippen LogP contribution in [0.1, 0.15) is 46.0 Å². The van der Waals surface area contributed by atoms with E-state index in [-0.39, 0.29) is 12.1 Å². The Labute approximate surface area is 149 Å². The van der Waals surface area contributed by atoms with Crippen molar-refractivity contribution in [3.8, 4) is 5.75 Å². The van der Waals surface area contributed by atoms with Crippen molar-refractivity contribution in [2.45, 2.75) is 52.0 Å². The Bertz CT molecular complexity index is 583. The lowest BCUT2D eigenvalue weighted by Gasteiger charge is -2.34. The first-order valence-electron chi connectivity index (χ1n) is 8.93. The maximum absolute atomic E-state index is 12.7. The maximum atomic E-state index is 12.7. The number of rotatable bonds is 5. The molecule has 25 heavy (non-hydrogen) atoms. The minimum atomic E-state index is -0.563. The van der Waals surface area contributed by atoms with Crippen molar-refractivity contribution < 1.29 is 19.1 Å². The van der Waals surface area contributed by atoms with Crippen molar-refractivity contribution in [2.24, 2.45) is 5.92 Å². The van der Waals surface area contributed by atoms with E-state index in [0.29, 0.717) is 23.9 Å². The molecule has 2 rings (SSSR count). The number of benzene rings is 1. The fraction of sp³-hybridized carbons (Fsp3) is 0.579. The van der Waals surface area contributed by atoms with Gasteiger partial charge in [-0.15, -0.1) is 0 Å². The van der Waals surface area contributed by atoms with Crippen molar-refractivity contribution in [3.05, 3.63) is 24.3 Å². The zero-order valence-corrected chi connectivity index (χ0v) is 15.3. The Balaban J connectivity index is 2.06. The molecule has 0 saturated heterocycles. The Morgan fingerprint density at radius 3 is 2.60 bits per heavy atom. The van der Waals surface area contributed by atoms with Gasteiger partial charge in [-0.2, -0.15) is 0 Å². The molecule has 0 spiro atoms. The van der Waals surface area contributed by atoms with E-state index in [1.807, 2.05) is 4.90 Å². The molecule has 1 N–H and O–H groups in total. The van der Waals surface area contributed by atoms with Gasteiger partial charge in [0.25, 0.3) is 0 Å². The lowest BCUT2D eigenvalue weighted by atomic mass is 9.94. The predicted molar refractivity (Wildman–Crippen MR) is 96.9 cm³/mol. The van der Waals surface area contributed by atoms with Gasteiger partial charge >= 0.3 is 12.2 Å². The van der Waals surface area contributed by atoms with Crippen molar-refractivity contribution >= 4 is 17.9 Å². The second-order valence-electron chi connectivity index (χ2n) is 6.85. The quantitative estimate of drug-likeness (QED) is 0.841. The van der Waals surface area contributed by atoms with Gasteiger partial charge in [0.15, 0.2) is 0 Å². The minimum absolute atomic E-state index is 0.250. The van der Waals surface area contributed by atoms with E-state index in [1.54, 1.807) is 24.3 Å². The van der Waals surface area contributed by atoms with E-state index in [9.17, 15) is 9.59 Å². The highest BCUT2D eigenvalue weighted by atomic mass is 16.6. The standard InChI is InChI=1S/C19H28N2O4/c1-14(2)13-21(16-9-5-4-6-10-16)19(23)25-17-11-7-8-15(12-17)20-18(22)24-3/h7-8,11-12,14,16H,4-6,9-10,13H2,1-3H3,(H,20,22). The van der Waals surface area contributed by atoms with E-state index in [1.165, 1.54) is 13.5 Å². The highest BCUT2D eigenvalue weighted by Gasteiger charge is 2.27. The molecule has 138 valence electrons. The summed E-state index contributed by atoms with van der Waals surface area (Å²) < 4.78 is 10.2. The second-order valence-corrected chi connectivity index (χ2v) is 6.85. The number of anilines is 1. The van der Waals surface area contributed by atoms with Crippen LogP contribution in [0.5, 0.6) is 5.75 Å². The summed E-state index contributed by atoms with van der Waals surface area (Å²) in [6.07, 6.45) is 4.73. The molecule has 2 amide bonds. The third-order valence-electron chi connectivity index (χ3n) is 4.28. The molecule has 1 aliphatic carbocycles. The Kier molecular flexibility index (Phi) is 7.10. The summed E-state index contributed by atoms with van der Waals surface area (Å²) in [6, 6.07) is 7.00. The van der Waals surface area contributed by atoms with Crippen molar-refractivity contribution in [1.82, 2.24) is 4.90 Å². The number of ether oxygens (including phenoxy) is 2. The van der Waals surface area contributed by atoms with Crippen molar-refractivity contribution in [2.75, 3.05) is 19.0 Å². The van der Waals surface area contributed by atoms with Crippen LogP contribution in [-0.4, -0.2) is 36.8 Å². The molecule has 0 heterocycles. The summed E-state index contributed by atoms with van der Waals surface area (Å²) in [5.41, 5.74) is 0.519. The smallest absolute Gasteiger partial charge is 0.415 e. The van der Waals surface area contributed by atoms with Gasteiger partial charge in [-0.25, -0.2) is 9.59 Å². The van der Waals surface area contributed by atoms with E-state index in [4.69, 9.17) is 4.74 Å². The van der Waals surface area contributed by atoms with Gasteiger partial charge in [0.1, 0.15) is 5.75 Å². The van der Waals surface area contributed by atoms with Crippen LogP contribution in [0.3, 0.4) is 0 Å². The molecule has 6 heteroatoms. The van der Waals surface area contributed by atoms with Crippen LogP contribution in [0.2, 0.25) is 0 Å². The van der Waals surface area contributed by atoms with E-state index < -0.39 is 6.09 Å². The molecule has 0 unspecified atom stereocenters. The van der Waals surface area contributed by atoms with Crippen LogP contribution in [0.25, 0.3) is 0 Å². The summed E-state index contributed by atoms with van der Waals surface area (Å²) >= 11 is 0. The third-order valence-corrected chi connectivity index (χ3v) is 4.28. The molecule has 1 fully saturated rings. The normalized spacial score (nSPS) is 14.9. The first-order chi connectivity index (χ1) is 12.0. The van der Waals surface area contributed by atoms with E-state index in [2.05, 4.69) is 23.9 Å². The molecule has 1 saturated carbocycles. The second kappa shape index (κ2) is 9.30. The molecule has 0 aliphatic heterocycles. The van der Waals surface area contributed by atoms with Crippen LogP contribution in [0, 0.1) is 5.92 Å². The lowest BCUT2D eigenvalue weighted by Crippen LogP contribution is -2.45. The fourth-order valence-electron chi connectivity index (χ4n) is 3.12. The Morgan fingerprint density at radius 2 is 1.96 bits per heavy atom. The van der Waals surface area contributed by atoms with Gasteiger partial charge < -0.3 is 14.4 Å². The van der Waals surface area contributed by atoms with Crippen molar-refractivity contribution in [1.29, 1.82) is 0 Å². The largest absolute Gasteiger partial charge is 0.453 e. The number of hydrogen-bond acceptors (Lipinski definition) is 4. The fourth-order valence-corrected chi connectivity index (χ4v) is 3.12.